The van der Waals surface area contributed by atoms with Crippen LogP contribution in [0.4, 0.5) is 0 Å². The van der Waals surface area contributed by atoms with E-state index in [9.17, 15) is 9.59 Å². The second-order valence-electron chi connectivity index (χ2n) is 7.74. The molecular formula is C24H24BrNO3. The van der Waals surface area contributed by atoms with E-state index in [1.807, 2.05) is 56.3 Å². The van der Waals surface area contributed by atoms with Gasteiger partial charge in [-0.2, -0.15) is 0 Å². The van der Waals surface area contributed by atoms with Crippen LogP contribution in [0.2, 0.25) is 0 Å². The summed E-state index contributed by atoms with van der Waals surface area (Å²) in [6, 6.07) is 14.0. The fourth-order valence-corrected chi connectivity index (χ4v) is 4.71. The van der Waals surface area contributed by atoms with Gasteiger partial charge < -0.3 is 10.1 Å². The van der Waals surface area contributed by atoms with E-state index in [-0.39, 0.29) is 23.5 Å². The monoisotopic (exact) mass is 453 g/mol. The zero-order chi connectivity index (χ0) is 20.5. The van der Waals surface area contributed by atoms with Crippen molar-refractivity contribution in [3.63, 3.8) is 0 Å². The molecule has 2 aromatic carbocycles. The third kappa shape index (κ3) is 4.01. The maximum atomic E-state index is 13.2. The van der Waals surface area contributed by atoms with Gasteiger partial charge in [0.2, 0.25) is 5.91 Å². The number of hydrogen-bond donors (Lipinski definition) is 1. The van der Waals surface area contributed by atoms with E-state index in [2.05, 4.69) is 21.2 Å². The number of amides is 1. The first-order chi connectivity index (χ1) is 14.0. The van der Waals surface area contributed by atoms with Crippen LogP contribution < -0.4 is 10.1 Å². The molecule has 1 aliphatic heterocycles. The molecule has 1 heterocycles. The predicted octanol–water partition coefficient (Wildman–Crippen LogP) is 5.16. The highest BCUT2D eigenvalue weighted by Crippen LogP contribution is 2.43. The zero-order valence-electron chi connectivity index (χ0n) is 16.6. The Kier molecular flexibility index (Phi) is 5.59. The number of allylic oxidation sites excluding steroid dienone is 2. The summed E-state index contributed by atoms with van der Waals surface area (Å²) in [5.41, 5.74) is 4.81. The Morgan fingerprint density at radius 1 is 1.03 bits per heavy atom. The van der Waals surface area contributed by atoms with Gasteiger partial charge in [0.15, 0.2) is 5.78 Å². The SMILES string of the molecule is CCOc1ccc(C2CC(=O)C3=C(C2)NC(=O)CC3c2ccc(C)c(Br)c2)cc1. The lowest BCUT2D eigenvalue weighted by Crippen LogP contribution is -2.38. The number of benzene rings is 2. The van der Waals surface area contributed by atoms with Crippen LogP contribution in [0.3, 0.4) is 0 Å². The number of nitrogens with one attached hydrogen (secondary N) is 1. The molecule has 5 heteroatoms. The topological polar surface area (TPSA) is 55.4 Å². The molecule has 1 amide bonds. The third-order valence-corrected chi connectivity index (χ3v) is 6.65. The van der Waals surface area contributed by atoms with Gasteiger partial charge in [0.1, 0.15) is 5.75 Å². The van der Waals surface area contributed by atoms with E-state index < -0.39 is 0 Å². The second kappa shape index (κ2) is 8.15. The highest BCUT2D eigenvalue weighted by molar-refractivity contribution is 9.10. The minimum absolute atomic E-state index is 0.0226. The first-order valence-electron chi connectivity index (χ1n) is 10.0. The number of Topliss-reactive ketones (excluding diaryl/α,β-unsaturated/α-hetero) is 1. The Morgan fingerprint density at radius 3 is 2.45 bits per heavy atom. The first-order valence-corrected chi connectivity index (χ1v) is 10.8. The van der Waals surface area contributed by atoms with Crippen LogP contribution in [0.25, 0.3) is 0 Å². The van der Waals surface area contributed by atoms with Crippen molar-refractivity contribution in [1.29, 1.82) is 0 Å². The van der Waals surface area contributed by atoms with Crippen LogP contribution in [-0.4, -0.2) is 18.3 Å². The summed E-state index contributed by atoms with van der Waals surface area (Å²) in [6.07, 6.45) is 1.45. The van der Waals surface area contributed by atoms with Crippen molar-refractivity contribution in [1.82, 2.24) is 5.32 Å². The standard InChI is InChI=1S/C24H24BrNO3/c1-3-29-18-8-6-15(7-9-18)17-11-21-24(22(27)12-17)19(13-23(28)26-21)16-5-4-14(2)20(25)10-16/h4-10,17,19H,3,11-13H2,1-2H3,(H,26,28). The summed E-state index contributed by atoms with van der Waals surface area (Å²) in [5, 5.41) is 2.99. The molecule has 2 aromatic rings. The van der Waals surface area contributed by atoms with E-state index in [0.29, 0.717) is 25.9 Å². The van der Waals surface area contributed by atoms with Crippen LogP contribution in [0.1, 0.15) is 54.7 Å². The summed E-state index contributed by atoms with van der Waals surface area (Å²) in [4.78, 5) is 25.6. The fraction of sp³-hybridized carbons (Fsp3) is 0.333. The highest BCUT2D eigenvalue weighted by atomic mass is 79.9. The summed E-state index contributed by atoms with van der Waals surface area (Å²) in [6.45, 7) is 4.61. The van der Waals surface area contributed by atoms with Crippen LogP contribution in [0.5, 0.6) is 5.75 Å². The number of hydrogen-bond acceptors (Lipinski definition) is 3. The third-order valence-electron chi connectivity index (χ3n) is 5.80. The number of aryl methyl sites for hydroxylation is 1. The van der Waals surface area contributed by atoms with E-state index >= 15 is 0 Å². The van der Waals surface area contributed by atoms with Crippen LogP contribution >= 0.6 is 15.9 Å². The lowest BCUT2D eigenvalue weighted by Gasteiger charge is -2.34. The maximum Gasteiger partial charge on any atom is 0.225 e. The molecule has 2 aliphatic rings. The van der Waals surface area contributed by atoms with Crippen LogP contribution in [-0.2, 0) is 9.59 Å². The number of rotatable bonds is 4. The van der Waals surface area contributed by atoms with Gasteiger partial charge in [-0.15, -0.1) is 0 Å². The van der Waals surface area contributed by atoms with Crippen molar-refractivity contribution in [2.75, 3.05) is 6.61 Å². The van der Waals surface area contributed by atoms with Gasteiger partial charge in [0.25, 0.3) is 0 Å². The van der Waals surface area contributed by atoms with E-state index in [4.69, 9.17) is 4.74 Å². The van der Waals surface area contributed by atoms with Gasteiger partial charge in [-0.25, -0.2) is 0 Å². The number of halogens is 1. The molecule has 2 unspecified atom stereocenters. The normalized spacial score (nSPS) is 21.6. The Balaban J connectivity index is 1.65. The Hall–Kier alpha value is -2.40. The number of carbonyl (C=O) groups is 2. The smallest absolute Gasteiger partial charge is 0.225 e. The molecule has 1 N–H and O–H groups in total. The zero-order valence-corrected chi connectivity index (χ0v) is 18.2. The summed E-state index contributed by atoms with van der Waals surface area (Å²) in [7, 11) is 0. The molecule has 0 aromatic heterocycles. The van der Waals surface area contributed by atoms with Crippen LogP contribution in [0.15, 0.2) is 58.2 Å². The lowest BCUT2D eigenvalue weighted by atomic mass is 9.73. The Bertz CT molecular complexity index is 994. The Labute approximate surface area is 179 Å². The van der Waals surface area contributed by atoms with Gasteiger partial charge in [0.05, 0.1) is 6.61 Å². The minimum atomic E-state index is -0.176. The number of ether oxygens (including phenoxy) is 1. The molecule has 29 heavy (non-hydrogen) atoms. The lowest BCUT2D eigenvalue weighted by molar-refractivity contribution is -0.122. The molecular weight excluding hydrogens is 430 g/mol. The van der Waals surface area contributed by atoms with Crippen molar-refractivity contribution in [3.05, 3.63) is 74.9 Å². The van der Waals surface area contributed by atoms with Gasteiger partial charge >= 0.3 is 0 Å². The second-order valence-corrected chi connectivity index (χ2v) is 8.59. The van der Waals surface area contributed by atoms with Gasteiger partial charge in [-0.05, 0) is 61.1 Å². The van der Waals surface area contributed by atoms with E-state index in [1.165, 1.54) is 0 Å². The molecule has 0 saturated heterocycles. The molecule has 2 atom stereocenters. The average molecular weight is 454 g/mol. The number of ketones is 1. The van der Waals surface area contributed by atoms with Crippen molar-refractivity contribution in [3.8, 4) is 5.75 Å². The van der Waals surface area contributed by atoms with Crippen molar-refractivity contribution < 1.29 is 14.3 Å². The molecule has 0 fully saturated rings. The van der Waals surface area contributed by atoms with Crippen molar-refractivity contribution in [2.45, 2.75) is 44.9 Å². The Morgan fingerprint density at radius 2 is 1.76 bits per heavy atom. The molecule has 0 spiro atoms. The first kappa shape index (κ1) is 19.9. The van der Waals surface area contributed by atoms with Gasteiger partial charge in [-0.1, -0.05) is 40.2 Å². The molecule has 0 saturated carbocycles. The fourth-order valence-electron chi connectivity index (χ4n) is 4.31. The number of carbonyl (C=O) groups excluding carboxylic acids is 2. The molecule has 4 nitrogen and oxygen atoms in total. The van der Waals surface area contributed by atoms with Crippen LogP contribution in [0, 0.1) is 6.92 Å². The van der Waals surface area contributed by atoms with E-state index in [0.717, 1.165) is 38.2 Å². The summed E-state index contributed by atoms with van der Waals surface area (Å²) in [5.74, 6) is 0.830. The minimum Gasteiger partial charge on any atom is -0.494 e. The van der Waals surface area contributed by atoms with Crippen molar-refractivity contribution >= 4 is 27.6 Å². The molecule has 0 radical (unpaired) electrons. The largest absolute Gasteiger partial charge is 0.494 e. The molecule has 150 valence electrons. The van der Waals surface area contributed by atoms with Gasteiger partial charge in [-0.3, -0.25) is 9.59 Å². The maximum absolute atomic E-state index is 13.2. The highest BCUT2D eigenvalue weighted by Gasteiger charge is 2.38. The molecule has 4 rings (SSSR count). The van der Waals surface area contributed by atoms with Crippen molar-refractivity contribution in [2.24, 2.45) is 0 Å². The summed E-state index contributed by atoms with van der Waals surface area (Å²) >= 11 is 3.58. The summed E-state index contributed by atoms with van der Waals surface area (Å²) < 4.78 is 6.51. The predicted molar refractivity (Wildman–Crippen MR) is 116 cm³/mol. The van der Waals surface area contributed by atoms with Gasteiger partial charge in [0, 0.05) is 34.5 Å². The average Bonchev–Trinajstić information content (AvgIpc) is 2.70. The van der Waals surface area contributed by atoms with E-state index in [1.54, 1.807) is 0 Å². The molecule has 0 bridgehead atoms. The quantitative estimate of drug-likeness (QED) is 0.695. The molecule has 1 aliphatic carbocycles.